The molecular weight excluding hydrogens is 58.9 g/mol. The highest BCUT2D eigenvalue weighted by Crippen LogP contribution is 2.36. The Labute approximate surface area is 33.3 Å². The summed E-state index contributed by atoms with van der Waals surface area (Å²) in [6.07, 6.45) is 4.38. The Morgan fingerprint density at radius 1 is 1.60 bits per heavy atom. The molecule has 0 nitrogen and oxygen atoms in total. The van der Waals surface area contributed by atoms with Crippen LogP contribution in [0.4, 0.5) is 0 Å². The van der Waals surface area contributed by atoms with Gasteiger partial charge in [-0.2, -0.15) is 0 Å². The summed E-state index contributed by atoms with van der Waals surface area (Å²) in [5, 5.41) is 0.500. The van der Waals surface area contributed by atoms with Crippen molar-refractivity contribution in [3.05, 3.63) is 12.2 Å². The van der Waals surface area contributed by atoms with E-state index in [9.17, 15) is 0 Å². The zero-order chi connectivity index (χ0) is 3.91. The van der Waals surface area contributed by atoms with Crippen LogP contribution in [-0.4, -0.2) is 7.85 Å². The normalized spacial score (nSPS) is 26.6. The number of allylic oxidation sites excluding steroid dienone is 2. The lowest BCUT2D eigenvalue weighted by Gasteiger charge is -1.88. The van der Waals surface area contributed by atoms with E-state index < -0.39 is 0 Å². The lowest BCUT2D eigenvalue weighted by Crippen LogP contribution is -1.78. The van der Waals surface area contributed by atoms with Crippen molar-refractivity contribution in [3.63, 3.8) is 0 Å². The second-order valence-electron chi connectivity index (χ2n) is 2.15. The van der Waals surface area contributed by atoms with Crippen molar-refractivity contribution in [3.8, 4) is 0 Å². The molecule has 1 rings (SSSR count). The highest BCUT2D eigenvalue weighted by Gasteiger charge is 2.18. The summed E-state index contributed by atoms with van der Waals surface area (Å²) in [5.74, 6) is 0. The molecule has 0 unspecified atom stereocenters. The van der Waals surface area contributed by atoms with Crippen molar-refractivity contribution in [1.82, 2.24) is 0 Å². The molecule has 1 heteroatoms. The third-order valence-electron chi connectivity index (χ3n) is 0.833. The molecule has 5 heavy (non-hydrogen) atoms. The van der Waals surface area contributed by atoms with Gasteiger partial charge in [0.25, 0.3) is 0 Å². The predicted molar refractivity (Wildman–Crippen MR) is 26.1 cm³/mol. The van der Waals surface area contributed by atoms with E-state index in [1.165, 1.54) is 0 Å². The van der Waals surface area contributed by atoms with Crippen LogP contribution >= 0.6 is 0 Å². The van der Waals surface area contributed by atoms with Crippen molar-refractivity contribution in [2.75, 3.05) is 0 Å². The van der Waals surface area contributed by atoms with Crippen molar-refractivity contribution in [2.24, 2.45) is 0 Å². The van der Waals surface area contributed by atoms with Crippen LogP contribution in [0.3, 0.4) is 0 Å². The minimum absolute atomic E-state index is 0.500. The number of hydrogen-bond donors (Lipinski definition) is 0. The zero-order valence-electron chi connectivity index (χ0n) is 3.65. The summed E-state index contributed by atoms with van der Waals surface area (Å²) in [4.78, 5) is 0. The van der Waals surface area contributed by atoms with Crippen LogP contribution in [0.5, 0.6) is 0 Å². The van der Waals surface area contributed by atoms with E-state index in [0.29, 0.717) is 5.31 Å². The molecule has 1 aliphatic rings. The third kappa shape index (κ3) is 0.537. The maximum Gasteiger partial charge on any atom is 0.119 e. The first-order chi connectivity index (χ1) is 2.21. The second-order valence-corrected chi connectivity index (χ2v) is 2.15. The summed E-state index contributed by atoms with van der Waals surface area (Å²) in [6, 6.07) is 0. The minimum Gasteiger partial charge on any atom is -0.0868 e. The van der Waals surface area contributed by atoms with Gasteiger partial charge in [0.1, 0.15) is 7.85 Å². The fourth-order valence-electron chi connectivity index (χ4n) is 0.167. The fraction of sp³-hybridized carbons (Fsp3) is 0.500. The third-order valence-corrected chi connectivity index (χ3v) is 0.833. The van der Waals surface area contributed by atoms with E-state index in [0.717, 1.165) is 0 Å². The summed E-state index contributed by atoms with van der Waals surface area (Å²) in [5.41, 5.74) is 0. The molecule has 0 spiro atoms. The Balaban J connectivity index is 2.47. The van der Waals surface area contributed by atoms with Gasteiger partial charge in [0, 0.05) is 0 Å². The Morgan fingerprint density at radius 2 is 1.80 bits per heavy atom. The van der Waals surface area contributed by atoms with Crippen molar-refractivity contribution in [2.45, 2.75) is 12.2 Å². The summed E-state index contributed by atoms with van der Waals surface area (Å²) in [6.45, 7) is 2.19. The van der Waals surface area contributed by atoms with E-state index in [2.05, 4.69) is 26.9 Å². The lowest BCUT2D eigenvalue weighted by molar-refractivity contribution is 1.11. The molecule has 1 aliphatic carbocycles. The Bertz CT molecular complexity index is 63.7. The van der Waals surface area contributed by atoms with Crippen LogP contribution in [0.15, 0.2) is 12.2 Å². The maximum absolute atomic E-state index is 2.19. The van der Waals surface area contributed by atoms with Gasteiger partial charge >= 0.3 is 0 Å². The van der Waals surface area contributed by atoms with E-state index >= 15 is 0 Å². The molecule has 0 heterocycles. The quantitative estimate of drug-likeness (QED) is 0.283. The van der Waals surface area contributed by atoms with Crippen molar-refractivity contribution in [1.29, 1.82) is 0 Å². The van der Waals surface area contributed by atoms with E-state index in [-0.39, 0.29) is 0 Å². The minimum atomic E-state index is 0.500. The molecule has 0 N–H and O–H groups in total. The second kappa shape index (κ2) is 0.491. The highest BCUT2D eigenvalue weighted by molar-refractivity contribution is 6.20. The fourth-order valence-corrected chi connectivity index (χ4v) is 0.167. The Kier molecular flexibility index (Phi) is 0.296. The van der Waals surface area contributed by atoms with Gasteiger partial charge in [0.2, 0.25) is 0 Å². The molecule has 0 bridgehead atoms. The average Bonchev–Trinajstić information content (AvgIpc) is 1.76. The van der Waals surface area contributed by atoms with Gasteiger partial charge in [0.05, 0.1) is 0 Å². The molecular formula is C4H7B. The molecule has 0 fully saturated rings. The standard InChI is InChI=1S/C4H7B/c1-4(5)2-3-4/h2-3H,5H2,1H3. The number of rotatable bonds is 0. The SMILES string of the molecule is BC1(C)C=C1. The van der Waals surface area contributed by atoms with Crippen LogP contribution in [0.1, 0.15) is 6.92 Å². The first kappa shape index (κ1) is 3.01. The monoisotopic (exact) mass is 66.1 g/mol. The first-order valence-corrected chi connectivity index (χ1v) is 1.91. The van der Waals surface area contributed by atoms with Gasteiger partial charge in [-0.15, -0.1) is 0 Å². The molecule has 0 saturated heterocycles. The molecule has 0 radical (unpaired) electrons. The van der Waals surface area contributed by atoms with E-state index in [1.807, 2.05) is 0 Å². The molecule has 0 aliphatic heterocycles. The molecule has 0 saturated carbocycles. The average molecular weight is 65.9 g/mol. The number of hydrogen-bond acceptors (Lipinski definition) is 0. The van der Waals surface area contributed by atoms with Crippen molar-refractivity contribution < 1.29 is 0 Å². The Morgan fingerprint density at radius 3 is 1.80 bits per heavy atom. The van der Waals surface area contributed by atoms with Gasteiger partial charge in [-0.05, 0) is 5.31 Å². The van der Waals surface area contributed by atoms with Gasteiger partial charge in [-0.3, -0.25) is 0 Å². The molecule has 26 valence electrons. The van der Waals surface area contributed by atoms with Crippen molar-refractivity contribution >= 4 is 7.85 Å². The van der Waals surface area contributed by atoms with Crippen LogP contribution in [0, 0.1) is 0 Å². The summed E-state index contributed by atoms with van der Waals surface area (Å²) in [7, 11) is 2.19. The zero-order valence-corrected chi connectivity index (χ0v) is 3.65. The molecule has 0 atom stereocenters. The van der Waals surface area contributed by atoms with Crippen LogP contribution < -0.4 is 0 Å². The van der Waals surface area contributed by atoms with Gasteiger partial charge in [-0.25, -0.2) is 0 Å². The summed E-state index contributed by atoms with van der Waals surface area (Å²) >= 11 is 0. The van der Waals surface area contributed by atoms with Crippen LogP contribution in [0.25, 0.3) is 0 Å². The van der Waals surface area contributed by atoms with E-state index in [1.54, 1.807) is 0 Å². The van der Waals surface area contributed by atoms with Gasteiger partial charge in [0.15, 0.2) is 0 Å². The lowest BCUT2D eigenvalue weighted by atomic mass is 9.84. The smallest absolute Gasteiger partial charge is 0.0868 e. The first-order valence-electron chi connectivity index (χ1n) is 1.91. The summed E-state index contributed by atoms with van der Waals surface area (Å²) < 4.78 is 0. The Hall–Kier alpha value is -0.195. The van der Waals surface area contributed by atoms with E-state index in [4.69, 9.17) is 0 Å². The molecule has 0 amide bonds. The maximum atomic E-state index is 2.19. The van der Waals surface area contributed by atoms with Crippen LogP contribution in [0.2, 0.25) is 5.31 Å². The topological polar surface area (TPSA) is 0 Å². The van der Waals surface area contributed by atoms with Gasteiger partial charge in [-0.1, -0.05) is 19.1 Å². The largest absolute Gasteiger partial charge is 0.119 e. The molecule has 0 aromatic carbocycles. The molecule has 0 aromatic heterocycles. The predicted octanol–water partition coefficient (Wildman–Crippen LogP) is 0.368. The van der Waals surface area contributed by atoms with Gasteiger partial charge < -0.3 is 0 Å². The molecule has 0 aromatic rings. The highest BCUT2D eigenvalue weighted by atomic mass is 14.2. The van der Waals surface area contributed by atoms with Crippen LogP contribution in [-0.2, 0) is 0 Å².